The summed E-state index contributed by atoms with van der Waals surface area (Å²) in [6.07, 6.45) is 14.5. The van der Waals surface area contributed by atoms with Crippen LogP contribution in [-0.4, -0.2) is 49.5 Å². The molecule has 0 saturated carbocycles. The Morgan fingerprint density at radius 2 is 1.77 bits per heavy atom. The Morgan fingerprint density at radius 1 is 1.02 bits per heavy atom. The zero-order valence-electron chi connectivity index (χ0n) is 26.4. The summed E-state index contributed by atoms with van der Waals surface area (Å²) in [4.78, 5) is 26.0. The van der Waals surface area contributed by atoms with Gasteiger partial charge < -0.3 is 24.9 Å². The van der Waals surface area contributed by atoms with Gasteiger partial charge in [0.15, 0.2) is 0 Å². The van der Waals surface area contributed by atoms with Crippen LogP contribution in [0.5, 0.6) is 5.75 Å². The van der Waals surface area contributed by atoms with Crippen LogP contribution in [0.25, 0.3) is 6.08 Å². The van der Waals surface area contributed by atoms with E-state index >= 15 is 0 Å². The van der Waals surface area contributed by atoms with Crippen LogP contribution in [0.4, 0.5) is 0 Å². The first-order chi connectivity index (χ1) is 20.9. The van der Waals surface area contributed by atoms with Crippen LogP contribution in [-0.2, 0) is 16.0 Å². The Hall–Kier alpha value is -3.38. The molecule has 1 aliphatic heterocycles. The van der Waals surface area contributed by atoms with E-state index in [1.807, 2.05) is 49.4 Å². The van der Waals surface area contributed by atoms with E-state index in [1.165, 1.54) is 12.0 Å². The minimum Gasteiger partial charge on any atom is -0.493 e. The number of piperidine rings is 1. The van der Waals surface area contributed by atoms with E-state index in [0.29, 0.717) is 37.0 Å². The van der Waals surface area contributed by atoms with E-state index < -0.39 is 0 Å². The maximum atomic E-state index is 12.0. The standard InChI is InChI=1S/C37H52N2O4/c1-4-42-37(41)35-20-17-32(18-21-35)28-31(13-7-6-12-29(2)40)16-19-34-14-8-9-15-36(34)43-27-11-5-10-24-39-25-22-33(23-26-39)30(3)38/h8-9,14-21,31,33H,3-7,10-13,22-28,38H2,1-2H3/b19-16+. The minimum atomic E-state index is -0.291. The van der Waals surface area contributed by atoms with Gasteiger partial charge in [0.05, 0.1) is 18.8 Å². The lowest BCUT2D eigenvalue weighted by atomic mass is 9.92. The molecule has 1 unspecified atom stereocenters. The second-order valence-corrected chi connectivity index (χ2v) is 11.8. The highest BCUT2D eigenvalue weighted by Gasteiger charge is 2.19. The zero-order chi connectivity index (χ0) is 30.9. The number of ether oxygens (including phenoxy) is 2. The fourth-order valence-corrected chi connectivity index (χ4v) is 5.65. The molecule has 2 N–H and O–H groups in total. The molecule has 43 heavy (non-hydrogen) atoms. The summed E-state index contributed by atoms with van der Waals surface area (Å²) < 4.78 is 11.3. The number of ketones is 1. The summed E-state index contributed by atoms with van der Waals surface area (Å²) in [7, 11) is 0. The topological polar surface area (TPSA) is 81.9 Å². The number of benzene rings is 2. The maximum Gasteiger partial charge on any atom is 0.338 e. The molecule has 6 nitrogen and oxygen atoms in total. The molecule has 0 aliphatic carbocycles. The molecule has 0 aromatic heterocycles. The average Bonchev–Trinajstić information content (AvgIpc) is 3.00. The van der Waals surface area contributed by atoms with Crippen molar-refractivity contribution in [2.75, 3.05) is 32.8 Å². The number of hydrogen-bond acceptors (Lipinski definition) is 6. The molecule has 3 rings (SSSR count). The van der Waals surface area contributed by atoms with Crippen LogP contribution >= 0.6 is 0 Å². The van der Waals surface area contributed by atoms with E-state index in [4.69, 9.17) is 15.2 Å². The lowest BCUT2D eigenvalue weighted by molar-refractivity contribution is -0.117. The van der Waals surface area contributed by atoms with Crippen LogP contribution in [0.15, 0.2) is 66.9 Å². The normalized spacial score (nSPS) is 14.9. The minimum absolute atomic E-state index is 0.242. The van der Waals surface area contributed by atoms with Gasteiger partial charge in [-0.1, -0.05) is 55.5 Å². The van der Waals surface area contributed by atoms with Gasteiger partial charge in [0.2, 0.25) is 0 Å². The van der Waals surface area contributed by atoms with Crippen molar-refractivity contribution < 1.29 is 19.1 Å². The number of unbranched alkanes of at least 4 members (excludes halogenated alkanes) is 3. The molecule has 1 saturated heterocycles. The van der Waals surface area contributed by atoms with Crippen LogP contribution in [0.2, 0.25) is 0 Å². The molecule has 0 bridgehead atoms. The van der Waals surface area contributed by atoms with Crippen molar-refractivity contribution in [2.45, 2.75) is 78.1 Å². The Kier molecular flexibility index (Phi) is 15.1. The SMILES string of the molecule is C=C(N)C1CCN(CCCCCOc2ccccc2/C=C/C(CCCCC(C)=O)Cc2ccc(C(=O)OCC)cc2)CC1. The first kappa shape index (κ1) is 34.1. The van der Waals surface area contributed by atoms with Crippen LogP contribution in [0.3, 0.4) is 0 Å². The van der Waals surface area contributed by atoms with Gasteiger partial charge in [-0.15, -0.1) is 0 Å². The summed E-state index contributed by atoms with van der Waals surface area (Å²) in [6, 6.07) is 15.9. The molecule has 6 heteroatoms. The largest absolute Gasteiger partial charge is 0.493 e. The number of allylic oxidation sites excluding steroid dienone is 2. The molecule has 1 aliphatic rings. The predicted molar refractivity (Wildman–Crippen MR) is 176 cm³/mol. The lowest BCUT2D eigenvalue weighted by Crippen LogP contribution is -2.35. The number of esters is 1. The fraction of sp³-hybridized carbons (Fsp3) is 0.514. The predicted octanol–water partition coefficient (Wildman–Crippen LogP) is 7.62. The highest BCUT2D eigenvalue weighted by molar-refractivity contribution is 5.89. The Labute approximate surface area is 259 Å². The molecule has 2 aromatic rings. The van der Waals surface area contributed by atoms with E-state index in [-0.39, 0.29) is 11.8 Å². The van der Waals surface area contributed by atoms with Gasteiger partial charge in [-0.25, -0.2) is 4.79 Å². The highest BCUT2D eigenvalue weighted by atomic mass is 16.5. The van der Waals surface area contributed by atoms with Crippen LogP contribution in [0, 0.1) is 11.8 Å². The van der Waals surface area contributed by atoms with Gasteiger partial charge in [0.25, 0.3) is 0 Å². The van der Waals surface area contributed by atoms with Crippen molar-refractivity contribution in [2.24, 2.45) is 17.6 Å². The summed E-state index contributed by atoms with van der Waals surface area (Å²) in [6.45, 7) is 11.8. The molecule has 2 aromatic carbocycles. The molecule has 1 fully saturated rings. The van der Waals surface area contributed by atoms with Crippen LogP contribution in [0.1, 0.15) is 93.1 Å². The van der Waals surface area contributed by atoms with Crippen LogP contribution < -0.4 is 10.5 Å². The number of para-hydroxylation sites is 1. The number of nitrogens with two attached hydrogens (primary N) is 1. The Bertz CT molecular complexity index is 1170. The Morgan fingerprint density at radius 3 is 2.47 bits per heavy atom. The van der Waals surface area contributed by atoms with Crippen molar-refractivity contribution >= 4 is 17.8 Å². The molecule has 0 amide bonds. The number of likely N-dealkylation sites (tertiary alicyclic amines) is 1. The quantitative estimate of drug-likeness (QED) is 0.134. The molecule has 234 valence electrons. The molecular weight excluding hydrogens is 536 g/mol. The average molecular weight is 589 g/mol. The van der Waals surface area contributed by atoms with E-state index in [2.05, 4.69) is 29.7 Å². The van der Waals surface area contributed by atoms with Crippen molar-refractivity contribution in [3.8, 4) is 5.75 Å². The molecule has 0 spiro atoms. The van der Waals surface area contributed by atoms with Gasteiger partial charge >= 0.3 is 5.97 Å². The molecule has 1 heterocycles. The number of nitrogens with zero attached hydrogens (tertiary/aromatic N) is 1. The molecule has 1 atom stereocenters. The fourth-order valence-electron chi connectivity index (χ4n) is 5.65. The summed E-state index contributed by atoms with van der Waals surface area (Å²) in [5.41, 5.74) is 9.56. The third-order valence-electron chi connectivity index (χ3n) is 8.27. The van der Waals surface area contributed by atoms with E-state index in [0.717, 1.165) is 88.0 Å². The van der Waals surface area contributed by atoms with Crippen molar-refractivity contribution in [3.05, 3.63) is 83.6 Å². The first-order valence-corrected chi connectivity index (χ1v) is 16.2. The maximum absolute atomic E-state index is 12.0. The lowest BCUT2D eigenvalue weighted by Gasteiger charge is -2.31. The van der Waals surface area contributed by atoms with E-state index in [1.54, 1.807) is 6.92 Å². The second-order valence-electron chi connectivity index (χ2n) is 11.8. The number of carbonyl (C=O) groups excluding carboxylic acids is 2. The van der Waals surface area contributed by atoms with Gasteiger partial charge in [0.1, 0.15) is 11.5 Å². The van der Waals surface area contributed by atoms with Gasteiger partial charge in [-0.3, -0.25) is 0 Å². The van der Waals surface area contributed by atoms with Crippen molar-refractivity contribution in [1.82, 2.24) is 4.90 Å². The number of carbonyl (C=O) groups is 2. The number of rotatable bonds is 19. The summed E-state index contributed by atoms with van der Waals surface area (Å²) >= 11 is 0. The van der Waals surface area contributed by atoms with E-state index in [9.17, 15) is 9.59 Å². The van der Waals surface area contributed by atoms with Crippen molar-refractivity contribution in [1.29, 1.82) is 0 Å². The zero-order valence-corrected chi connectivity index (χ0v) is 26.4. The van der Waals surface area contributed by atoms with Crippen molar-refractivity contribution in [3.63, 3.8) is 0 Å². The van der Waals surface area contributed by atoms with Gasteiger partial charge in [-0.2, -0.15) is 0 Å². The third kappa shape index (κ3) is 12.8. The summed E-state index contributed by atoms with van der Waals surface area (Å²) in [5, 5.41) is 0. The summed E-state index contributed by atoms with van der Waals surface area (Å²) in [5.74, 6) is 1.66. The Balaban J connectivity index is 1.50. The molecule has 0 radical (unpaired) electrons. The van der Waals surface area contributed by atoms with Gasteiger partial charge in [0, 0.05) is 23.6 Å². The highest BCUT2D eigenvalue weighted by Crippen LogP contribution is 2.25. The number of hydrogen-bond donors (Lipinski definition) is 1. The smallest absolute Gasteiger partial charge is 0.338 e. The number of Topliss-reactive ketones (excluding diaryl/α,β-unsaturated/α-hetero) is 1. The first-order valence-electron chi connectivity index (χ1n) is 16.2. The third-order valence-corrected chi connectivity index (χ3v) is 8.27. The molecular formula is C37H52N2O4. The second kappa shape index (κ2) is 19.0. The van der Waals surface area contributed by atoms with Gasteiger partial charge in [-0.05, 0) is 115 Å². The monoisotopic (exact) mass is 588 g/mol.